The van der Waals surface area contributed by atoms with E-state index in [0.29, 0.717) is 17.2 Å². The standard InChI is InChI=1S/C8H7N3O2/c1-6-8(10-13-9-6)11-4-2-3-7(11)5-12/h2-5H,1H3. The van der Waals surface area contributed by atoms with E-state index in [1.54, 1.807) is 29.8 Å². The number of hydrogen-bond acceptors (Lipinski definition) is 4. The van der Waals surface area contributed by atoms with Crippen LogP contribution < -0.4 is 0 Å². The van der Waals surface area contributed by atoms with Crippen molar-refractivity contribution in [2.75, 3.05) is 0 Å². The van der Waals surface area contributed by atoms with Crippen LogP contribution in [0.25, 0.3) is 5.82 Å². The minimum atomic E-state index is 0.527. The smallest absolute Gasteiger partial charge is 0.204 e. The average Bonchev–Trinajstić information content (AvgIpc) is 2.71. The van der Waals surface area contributed by atoms with Gasteiger partial charge in [0.05, 0.1) is 5.69 Å². The third-order valence-electron chi connectivity index (χ3n) is 1.76. The van der Waals surface area contributed by atoms with Crippen LogP contribution in [0.5, 0.6) is 0 Å². The Morgan fingerprint density at radius 3 is 3.00 bits per heavy atom. The van der Waals surface area contributed by atoms with Crippen molar-refractivity contribution in [1.29, 1.82) is 0 Å². The lowest BCUT2D eigenvalue weighted by Gasteiger charge is -1.98. The number of carbonyl (C=O) groups excluding carboxylic acids is 1. The minimum absolute atomic E-state index is 0.527. The number of aldehydes is 1. The molecule has 0 radical (unpaired) electrons. The van der Waals surface area contributed by atoms with Crippen molar-refractivity contribution < 1.29 is 9.42 Å². The van der Waals surface area contributed by atoms with Crippen LogP contribution in [-0.2, 0) is 0 Å². The van der Waals surface area contributed by atoms with Crippen LogP contribution in [0.4, 0.5) is 0 Å². The van der Waals surface area contributed by atoms with Gasteiger partial charge in [-0.25, -0.2) is 4.63 Å². The van der Waals surface area contributed by atoms with Crippen molar-refractivity contribution in [1.82, 2.24) is 14.9 Å². The Kier molecular flexibility index (Phi) is 1.70. The first-order valence-electron chi connectivity index (χ1n) is 3.75. The van der Waals surface area contributed by atoms with Crippen molar-refractivity contribution in [3.63, 3.8) is 0 Å². The zero-order valence-electron chi connectivity index (χ0n) is 6.97. The van der Waals surface area contributed by atoms with Crippen LogP contribution in [0.3, 0.4) is 0 Å². The second kappa shape index (κ2) is 2.85. The lowest BCUT2D eigenvalue weighted by Crippen LogP contribution is -1.99. The van der Waals surface area contributed by atoms with Crippen molar-refractivity contribution in [3.8, 4) is 5.82 Å². The SMILES string of the molecule is Cc1nonc1-n1cccc1C=O. The van der Waals surface area contributed by atoms with E-state index in [9.17, 15) is 4.79 Å². The molecule has 0 bridgehead atoms. The molecule has 0 unspecified atom stereocenters. The molecule has 0 aromatic carbocycles. The van der Waals surface area contributed by atoms with Gasteiger partial charge in [-0.2, -0.15) is 0 Å². The number of hydrogen-bond donors (Lipinski definition) is 0. The van der Waals surface area contributed by atoms with Crippen LogP contribution in [0.15, 0.2) is 23.0 Å². The summed E-state index contributed by atoms with van der Waals surface area (Å²) in [6, 6.07) is 3.46. The van der Waals surface area contributed by atoms with Gasteiger partial charge in [-0.15, -0.1) is 0 Å². The van der Waals surface area contributed by atoms with E-state index in [4.69, 9.17) is 0 Å². The topological polar surface area (TPSA) is 60.9 Å². The molecule has 0 aliphatic carbocycles. The van der Waals surface area contributed by atoms with E-state index in [0.717, 1.165) is 6.29 Å². The van der Waals surface area contributed by atoms with Gasteiger partial charge in [0.2, 0.25) is 5.82 Å². The van der Waals surface area contributed by atoms with Gasteiger partial charge in [0, 0.05) is 6.20 Å². The highest BCUT2D eigenvalue weighted by Gasteiger charge is 2.09. The quantitative estimate of drug-likeness (QED) is 0.641. The average molecular weight is 177 g/mol. The fraction of sp³-hybridized carbons (Fsp3) is 0.125. The predicted molar refractivity (Wildman–Crippen MR) is 43.7 cm³/mol. The Labute approximate surface area is 73.9 Å². The first kappa shape index (κ1) is 7.72. The number of aryl methyl sites for hydroxylation is 1. The summed E-state index contributed by atoms with van der Waals surface area (Å²) in [4.78, 5) is 10.6. The van der Waals surface area contributed by atoms with Crippen molar-refractivity contribution in [2.24, 2.45) is 0 Å². The molecule has 2 heterocycles. The van der Waals surface area contributed by atoms with Gasteiger partial charge in [0.15, 0.2) is 6.29 Å². The molecule has 0 N–H and O–H groups in total. The van der Waals surface area contributed by atoms with Gasteiger partial charge in [-0.05, 0) is 24.2 Å². The molecule has 0 atom stereocenters. The largest absolute Gasteiger partial charge is 0.296 e. The Morgan fingerprint density at radius 2 is 2.38 bits per heavy atom. The second-order valence-corrected chi connectivity index (χ2v) is 2.59. The van der Waals surface area contributed by atoms with Crippen LogP contribution in [0, 0.1) is 6.92 Å². The molecule has 66 valence electrons. The highest BCUT2D eigenvalue weighted by atomic mass is 16.6. The summed E-state index contributed by atoms with van der Waals surface area (Å²) >= 11 is 0. The fourth-order valence-corrected chi connectivity index (χ4v) is 1.13. The molecule has 2 aromatic rings. The summed E-state index contributed by atoms with van der Waals surface area (Å²) in [6.45, 7) is 1.76. The van der Waals surface area contributed by atoms with E-state index in [1.807, 2.05) is 0 Å². The van der Waals surface area contributed by atoms with Crippen molar-refractivity contribution >= 4 is 6.29 Å². The van der Waals surface area contributed by atoms with Gasteiger partial charge < -0.3 is 0 Å². The summed E-state index contributed by atoms with van der Waals surface area (Å²) in [6.07, 6.45) is 2.49. The Balaban J connectivity index is 2.58. The highest BCUT2D eigenvalue weighted by molar-refractivity contribution is 5.73. The first-order valence-corrected chi connectivity index (χ1v) is 3.75. The number of rotatable bonds is 2. The summed E-state index contributed by atoms with van der Waals surface area (Å²) in [7, 11) is 0. The Hall–Kier alpha value is -1.91. The third-order valence-corrected chi connectivity index (χ3v) is 1.76. The molecule has 2 aromatic heterocycles. The molecular weight excluding hydrogens is 170 g/mol. The minimum Gasteiger partial charge on any atom is -0.296 e. The summed E-state index contributed by atoms with van der Waals surface area (Å²) in [5, 5.41) is 7.31. The molecule has 5 nitrogen and oxygen atoms in total. The summed E-state index contributed by atoms with van der Waals surface area (Å²) in [5.74, 6) is 0.548. The van der Waals surface area contributed by atoms with E-state index in [-0.39, 0.29) is 0 Å². The zero-order chi connectivity index (χ0) is 9.26. The predicted octanol–water partition coefficient (Wildman–Crippen LogP) is 0.981. The second-order valence-electron chi connectivity index (χ2n) is 2.59. The highest BCUT2D eigenvalue weighted by Crippen LogP contribution is 2.11. The molecule has 0 fully saturated rings. The maximum atomic E-state index is 10.6. The Bertz CT molecular complexity index is 430. The molecule has 0 aliphatic heterocycles. The van der Waals surface area contributed by atoms with Crippen LogP contribution in [0.1, 0.15) is 16.2 Å². The molecule has 0 aliphatic rings. The van der Waals surface area contributed by atoms with Crippen LogP contribution in [-0.4, -0.2) is 21.2 Å². The number of carbonyl (C=O) groups is 1. The molecule has 5 heteroatoms. The van der Waals surface area contributed by atoms with E-state index < -0.39 is 0 Å². The van der Waals surface area contributed by atoms with Gasteiger partial charge in [-0.1, -0.05) is 5.16 Å². The van der Waals surface area contributed by atoms with Gasteiger partial charge in [-0.3, -0.25) is 9.36 Å². The third kappa shape index (κ3) is 1.14. The molecule has 13 heavy (non-hydrogen) atoms. The molecule has 0 amide bonds. The monoisotopic (exact) mass is 177 g/mol. The Morgan fingerprint density at radius 1 is 1.54 bits per heavy atom. The number of nitrogens with zero attached hydrogens (tertiary/aromatic N) is 3. The molecule has 0 saturated carbocycles. The summed E-state index contributed by atoms with van der Waals surface area (Å²) in [5.41, 5.74) is 1.18. The van der Waals surface area contributed by atoms with E-state index >= 15 is 0 Å². The maximum Gasteiger partial charge on any atom is 0.204 e. The molecule has 2 rings (SSSR count). The lowest BCUT2D eigenvalue weighted by molar-refractivity contribution is 0.111. The van der Waals surface area contributed by atoms with E-state index in [1.165, 1.54) is 0 Å². The van der Waals surface area contributed by atoms with Gasteiger partial charge in [0.1, 0.15) is 5.69 Å². The normalized spacial score (nSPS) is 10.2. The zero-order valence-corrected chi connectivity index (χ0v) is 6.97. The van der Waals surface area contributed by atoms with Crippen LogP contribution >= 0.6 is 0 Å². The van der Waals surface area contributed by atoms with Crippen LogP contribution in [0.2, 0.25) is 0 Å². The molecular formula is C8H7N3O2. The van der Waals surface area contributed by atoms with Gasteiger partial charge in [0.25, 0.3) is 0 Å². The maximum absolute atomic E-state index is 10.6. The number of aromatic nitrogens is 3. The fourth-order valence-electron chi connectivity index (χ4n) is 1.13. The summed E-state index contributed by atoms with van der Waals surface area (Å²) < 4.78 is 6.16. The van der Waals surface area contributed by atoms with E-state index in [2.05, 4.69) is 14.9 Å². The lowest BCUT2D eigenvalue weighted by atomic mass is 10.4. The van der Waals surface area contributed by atoms with Gasteiger partial charge >= 0.3 is 0 Å². The van der Waals surface area contributed by atoms with Crippen molar-refractivity contribution in [3.05, 3.63) is 29.7 Å². The van der Waals surface area contributed by atoms with Crippen molar-refractivity contribution in [2.45, 2.75) is 6.92 Å². The molecule has 0 saturated heterocycles. The first-order chi connectivity index (χ1) is 6.33. The molecule has 0 spiro atoms.